The van der Waals surface area contributed by atoms with Gasteiger partial charge in [0.15, 0.2) is 5.69 Å². The van der Waals surface area contributed by atoms with E-state index in [0.717, 1.165) is 22.3 Å². The molecule has 182 valence electrons. The summed E-state index contributed by atoms with van der Waals surface area (Å²) >= 11 is 0. The van der Waals surface area contributed by atoms with E-state index in [9.17, 15) is 14.4 Å². The number of aliphatic carboxylic acids is 1. The van der Waals surface area contributed by atoms with Gasteiger partial charge >= 0.3 is 12.1 Å². The lowest BCUT2D eigenvalue weighted by atomic mass is 9.98. The minimum Gasteiger partial charge on any atom is -0.481 e. The van der Waals surface area contributed by atoms with E-state index in [0.29, 0.717) is 0 Å². The SMILES string of the molecule is CC(C)[C@@H](CC(=O)O)NC(=O)c1nn(C)cc1NC(=O)OCC1c2ccccc2-c2ccccc21. The lowest BCUT2D eigenvalue weighted by molar-refractivity contribution is -0.137. The zero-order chi connectivity index (χ0) is 25.1. The molecule has 0 saturated heterocycles. The molecule has 35 heavy (non-hydrogen) atoms. The van der Waals surface area contributed by atoms with Crippen molar-refractivity contribution >= 4 is 23.7 Å². The number of carboxylic acid groups (broad SMARTS) is 1. The van der Waals surface area contributed by atoms with Crippen LogP contribution in [-0.2, 0) is 16.6 Å². The first kappa shape index (κ1) is 24.0. The summed E-state index contributed by atoms with van der Waals surface area (Å²) in [5.41, 5.74) is 4.62. The van der Waals surface area contributed by atoms with Crippen molar-refractivity contribution in [3.8, 4) is 11.1 Å². The van der Waals surface area contributed by atoms with Crippen molar-refractivity contribution in [2.24, 2.45) is 13.0 Å². The van der Waals surface area contributed by atoms with Gasteiger partial charge in [-0.15, -0.1) is 0 Å². The maximum atomic E-state index is 12.8. The molecular formula is C26H28N4O5. The zero-order valence-corrected chi connectivity index (χ0v) is 19.8. The Morgan fingerprint density at radius 3 is 2.23 bits per heavy atom. The third kappa shape index (κ3) is 5.18. The summed E-state index contributed by atoms with van der Waals surface area (Å²) in [6, 6.07) is 15.5. The topological polar surface area (TPSA) is 123 Å². The fraction of sp³-hybridized carbons (Fsp3) is 0.308. The molecule has 2 amide bonds. The Kier molecular flexibility index (Phi) is 6.86. The number of amides is 2. The summed E-state index contributed by atoms with van der Waals surface area (Å²) in [6.07, 6.45) is 0.573. The first-order chi connectivity index (χ1) is 16.7. The van der Waals surface area contributed by atoms with Gasteiger partial charge < -0.3 is 15.2 Å². The Balaban J connectivity index is 1.44. The molecule has 3 N–H and O–H groups in total. The van der Waals surface area contributed by atoms with Crippen molar-refractivity contribution in [2.75, 3.05) is 11.9 Å². The maximum Gasteiger partial charge on any atom is 0.411 e. The van der Waals surface area contributed by atoms with E-state index < -0.39 is 24.0 Å². The van der Waals surface area contributed by atoms with Crippen molar-refractivity contribution in [2.45, 2.75) is 32.2 Å². The molecule has 0 spiro atoms. The molecule has 0 radical (unpaired) electrons. The van der Waals surface area contributed by atoms with Gasteiger partial charge in [0.05, 0.1) is 12.1 Å². The van der Waals surface area contributed by atoms with Crippen LogP contribution in [0.4, 0.5) is 10.5 Å². The number of aryl methyl sites for hydroxylation is 1. The predicted molar refractivity (Wildman–Crippen MR) is 130 cm³/mol. The maximum absolute atomic E-state index is 12.8. The number of carboxylic acids is 1. The van der Waals surface area contributed by atoms with Gasteiger partial charge in [-0.25, -0.2) is 4.79 Å². The number of aromatic nitrogens is 2. The van der Waals surface area contributed by atoms with Crippen LogP contribution in [0.2, 0.25) is 0 Å². The molecule has 3 aromatic rings. The van der Waals surface area contributed by atoms with Gasteiger partial charge in [0, 0.05) is 25.2 Å². The quantitative estimate of drug-likeness (QED) is 0.452. The number of nitrogens with one attached hydrogen (secondary N) is 2. The average molecular weight is 477 g/mol. The summed E-state index contributed by atoms with van der Waals surface area (Å²) in [4.78, 5) is 36.6. The molecule has 0 aliphatic heterocycles. The smallest absolute Gasteiger partial charge is 0.411 e. The van der Waals surface area contributed by atoms with E-state index in [4.69, 9.17) is 9.84 Å². The Morgan fingerprint density at radius 1 is 1.06 bits per heavy atom. The summed E-state index contributed by atoms with van der Waals surface area (Å²) < 4.78 is 6.96. The van der Waals surface area contributed by atoms with E-state index in [-0.39, 0.29) is 36.2 Å². The molecule has 9 heteroatoms. The number of carbonyl (C=O) groups excluding carboxylic acids is 2. The molecule has 1 atom stereocenters. The van der Waals surface area contributed by atoms with Gasteiger partial charge in [0.2, 0.25) is 0 Å². The Hall–Kier alpha value is -4.14. The molecule has 1 aliphatic rings. The van der Waals surface area contributed by atoms with Crippen LogP contribution in [-0.4, -0.2) is 45.5 Å². The molecule has 4 rings (SSSR count). The second-order valence-corrected chi connectivity index (χ2v) is 8.94. The Bertz CT molecular complexity index is 1220. The zero-order valence-electron chi connectivity index (χ0n) is 19.8. The second kappa shape index (κ2) is 10.0. The molecular weight excluding hydrogens is 448 g/mol. The van der Waals surface area contributed by atoms with Crippen LogP contribution < -0.4 is 10.6 Å². The minimum absolute atomic E-state index is 0.0166. The van der Waals surface area contributed by atoms with Crippen LogP contribution >= 0.6 is 0 Å². The molecule has 0 saturated carbocycles. The standard InChI is InChI=1S/C26H28N4O5/c1-15(2)21(12-23(31)32)27-25(33)24-22(13-30(3)29-24)28-26(34)35-14-20-18-10-6-4-8-16(18)17-9-5-7-11-19(17)20/h4-11,13,15,20-21H,12,14H2,1-3H3,(H,27,33)(H,28,34)(H,31,32)/t21-/m1/s1. The molecule has 0 unspecified atom stereocenters. The third-order valence-corrected chi connectivity index (χ3v) is 6.14. The third-order valence-electron chi connectivity index (χ3n) is 6.14. The highest BCUT2D eigenvalue weighted by Gasteiger charge is 2.29. The number of benzene rings is 2. The monoisotopic (exact) mass is 476 g/mol. The van der Waals surface area contributed by atoms with Gasteiger partial charge in [-0.05, 0) is 28.2 Å². The minimum atomic E-state index is -1.01. The molecule has 0 bridgehead atoms. The normalized spacial score (nSPS) is 13.1. The van der Waals surface area contributed by atoms with Crippen LogP contribution in [0.1, 0.15) is 47.8 Å². The average Bonchev–Trinajstić information content (AvgIpc) is 3.34. The number of ether oxygens (including phenoxy) is 1. The summed E-state index contributed by atoms with van der Waals surface area (Å²) in [5, 5.41) is 18.6. The number of hydrogen-bond acceptors (Lipinski definition) is 5. The fourth-order valence-electron chi connectivity index (χ4n) is 4.37. The van der Waals surface area contributed by atoms with Crippen LogP contribution in [0.5, 0.6) is 0 Å². The summed E-state index contributed by atoms with van der Waals surface area (Å²) in [6.45, 7) is 3.78. The Labute approximate surface area is 203 Å². The highest BCUT2D eigenvalue weighted by Crippen LogP contribution is 2.44. The molecule has 9 nitrogen and oxygen atoms in total. The number of rotatable bonds is 8. The van der Waals surface area contributed by atoms with Crippen molar-refractivity contribution < 1.29 is 24.2 Å². The second-order valence-electron chi connectivity index (χ2n) is 8.94. The van der Waals surface area contributed by atoms with E-state index in [1.165, 1.54) is 10.9 Å². The summed E-state index contributed by atoms with van der Waals surface area (Å²) in [5.74, 6) is -1.77. The van der Waals surface area contributed by atoms with Crippen molar-refractivity contribution in [3.05, 3.63) is 71.5 Å². The molecule has 2 aromatic carbocycles. The van der Waals surface area contributed by atoms with E-state index >= 15 is 0 Å². The summed E-state index contributed by atoms with van der Waals surface area (Å²) in [7, 11) is 1.62. The van der Waals surface area contributed by atoms with Crippen LogP contribution in [0.3, 0.4) is 0 Å². The molecule has 1 heterocycles. The van der Waals surface area contributed by atoms with Crippen molar-refractivity contribution in [1.29, 1.82) is 0 Å². The largest absolute Gasteiger partial charge is 0.481 e. The first-order valence-corrected chi connectivity index (χ1v) is 11.4. The number of anilines is 1. The van der Waals surface area contributed by atoms with Crippen LogP contribution in [0, 0.1) is 5.92 Å². The lowest BCUT2D eigenvalue weighted by Crippen LogP contribution is -2.40. The number of fused-ring (bicyclic) bond motifs is 3. The number of carbonyl (C=O) groups is 3. The highest BCUT2D eigenvalue weighted by molar-refractivity contribution is 6.01. The predicted octanol–water partition coefficient (Wildman–Crippen LogP) is 4.01. The van der Waals surface area contributed by atoms with E-state index in [1.807, 2.05) is 50.2 Å². The van der Waals surface area contributed by atoms with Crippen LogP contribution in [0.25, 0.3) is 11.1 Å². The van der Waals surface area contributed by atoms with Gasteiger partial charge in [-0.3, -0.25) is 19.6 Å². The van der Waals surface area contributed by atoms with Gasteiger partial charge in [-0.2, -0.15) is 5.10 Å². The molecule has 1 aromatic heterocycles. The van der Waals surface area contributed by atoms with Crippen LogP contribution in [0.15, 0.2) is 54.7 Å². The van der Waals surface area contributed by atoms with Crippen molar-refractivity contribution in [1.82, 2.24) is 15.1 Å². The lowest BCUT2D eigenvalue weighted by Gasteiger charge is -2.20. The highest BCUT2D eigenvalue weighted by atomic mass is 16.5. The van der Waals surface area contributed by atoms with Gasteiger partial charge in [0.25, 0.3) is 5.91 Å². The van der Waals surface area contributed by atoms with E-state index in [1.54, 1.807) is 7.05 Å². The molecule has 0 fully saturated rings. The first-order valence-electron chi connectivity index (χ1n) is 11.4. The number of nitrogens with zero attached hydrogens (tertiary/aromatic N) is 2. The van der Waals surface area contributed by atoms with E-state index in [2.05, 4.69) is 27.9 Å². The number of hydrogen-bond donors (Lipinski definition) is 3. The van der Waals surface area contributed by atoms with Gasteiger partial charge in [0.1, 0.15) is 6.61 Å². The van der Waals surface area contributed by atoms with Crippen molar-refractivity contribution in [3.63, 3.8) is 0 Å². The Morgan fingerprint density at radius 2 is 1.66 bits per heavy atom. The fourth-order valence-corrected chi connectivity index (χ4v) is 4.37. The molecule has 1 aliphatic carbocycles. The van der Waals surface area contributed by atoms with Gasteiger partial charge in [-0.1, -0.05) is 62.4 Å².